The third kappa shape index (κ3) is 3.16. The van der Waals surface area contributed by atoms with Crippen LogP contribution in [0, 0.1) is 5.92 Å². The lowest BCUT2D eigenvalue weighted by molar-refractivity contribution is -0.127. The van der Waals surface area contributed by atoms with Crippen molar-refractivity contribution >= 4 is 28.3 Å². The molecule has 2 atom stereocenters. The summed E-state index contributed by atoms with van der Waals surface area (Å²) in [6.45, 7) is 0. The summed E-state index contributed by atoms with van der Waals surface area (Å²) in [5, 5.41) is 12.5. The number of aromatic nitrogens is 2. The number of hydrogen-bond acceptors (Lipinski definition) is 6. The minimum Gasteiger partial charge on any atom is -0.497 e. The topological polar surface area (TPSA) is 84.4 Å². The van der Waals surface area contributed by atoms with Crippen LogP contribution < -0.4 is 10.1 Å². The van der Waals surface area contributed by atoms with Crippen LogP contribution in [0.3, 0.4) is 0 Å². The van der Waals surface area contributed by atoms with Crippen LogP contribution in [0.25, 0.3) is 0 Å². The van der Waals surface area contributed by atoms with Gasteiger partial charge in [0.25, 0.3) is 0 Å². The van der Waals surface area contributed by atoms with E-state index in [9.17, 15) is 9.59 Å². The molecular weight excluding hydrogens is 352 g/mol. The molecule has 1 saturated carbocycles. The lowest BCUT2D eigenvalue weighted by Gasteiger charge is -2.25. The van der Waals surface area contributed by atoms with Gasteiger partial charge in [-0.2, -0.15) is 0 Å². The Morgan fingerprint density at radius 2 is 2.15 bits per heavy atom. The molecule has 8 heteroatoms. The van der Waals surface area contributed by atoms with Crippen LogP contribution in [-0.2, 0) is 9.59 Å². The number of nitrogens with one attached hydrogen (secondary N) is 1. The van der Waals surface area contributed by atoms with Gasteiger partial charge in [-0.15, -0.1) is 10.2 Å². The number of likely N-dealkylation sites (tertiary alicyclic amines) is 1. The van der Waals surface area contributed by atoms with E-state index in [4.69, 9.17) is 4.74 Å². The van der Waals surface area contributed by atoms with Crippen LogP contribution in [0.2, 0.25) is 0 Å². The van der Waals surface area contributed by atoms with Crippen LogP contribution in [0.4, 0.5) is 5.13 Å². The highest BCUT2D eigenvalue weighted by atomic mass is 32.1. The minimum absolute atomic E-state index is 0.0473. The number of amides is 2. The molecule has 1 aliphatic heterocycles. The van der Waals surface area contributed by atoms with Gasteiger partial charge in [-0.05, 0) is 30.5 Å². The zero-order valence-corrected chi connectivity index (χ0v) is 15.5. The Kier molecular flexibility index (Phi) is 4.36. The molecule has 2 amide bonds. The summed E-state index contributed by atoms with van der Waals surface area (Å²) in [5.41, 5.74) is 0.883. The Hall–Kier alpha value is -2.48. The van der Waals surface area contributed by atoms with Crippen LogP contribution in [0.5, 0.6) is 5.75 Å². The summed E-state index contributed by atoms with van der Waals surface area (Å²) in [7, 11) is 3.33. The van der Waals surface area contributed by atoms with Gasteiger partial charge in [0.2, 0.25) is 16.9 Å². The number of anilines is 1. The van der Waals surface area contributed by atoms with Gasteiger partial charge < -0.3 is 15.0 Å². The fraction of sp³-hybridized carbons (Fsp3) is 0.444. The summed E-state index contributed by atoms with van der Waals surface area (Å²) in [5.74, 6) is 0.477. The highest BCUT2D eigenvalue weighted by molar-refractivity contribution is 7.15. The van der Waals surface area contributed by atoms with E-state index in [0.29, 0.717) is 16.8 Å². The fourth-order valence-corrected chi connectivity index (χ4v) is 4.28. The van der Waals surface area contributed by atoms with Crippen molar-refractivity contribution < 1.29 is 14.3 Å². The molecule has 1 aromatic carbocycles. The number of benzene rings is 1. The quantitative estimate of drug-likeness (QED) is 0.872. The number of nitrogens with zero attached hydrogens (tertiary/aromatic N) is 3. The summed E-state index contributed by atoms with van der Waals surface area (Å²) in [6, 6.07) is 7.17. The summed E-state index contributed by atoms with van der Waals surface area (Å²) in [6.07, 6.45) is 2.46. The molecule has 2 aliphatic rings. The van der Waals surface area contributed by atoms with Crippen molar-refractivity contribution in [3.63, 3.8) is 0 Å². The molecule has 2 aromatic rings. The molecule has 2 heterocycles. The highest BCUT2D eigenvalue weighted by Gasteiger charge is 2.43. The molecule has 0 spiro atoms. The van der Waals surface area contributed by atoms with E-state index in [1.807, 2.05) is 24.3 Å². The first-order valence-electron chi connectivity index (χ1n) is 8.60. The zero-order chi connectivity index (χ0) is 18.3. The highest BCUT2D eigenvalue weighted by Crippen LogP contribution is 2.43. The molecule has 2 fully saturated rings. The van der Waals surface area contributed by atoms with Gasteiger partial charge in [0, 0.05) is 19.4 Å². The van der Waals surface area contributed by atoms with Crippen molar-refractivity contribution in [3.05, 3.63) is 34.8 Å². The number of hydrogen-bond donors (Lipinski definition) is 1. The molecule has 1 aliphatic carbocycles. The average Bonchev–Trinajstić information content (AvgIpc) is 3.32. The number of carbonyl (C=O) groups is 2. The van der Waals surface area contributed by atoms with Crippen molar-refractivity contribution in [3.8, 4) is 5.75 Å². The van der Waals surface area contributed by atoms with E-state index < -0.39 is 5.92 Å². The number of rotatable bonds is 5. The van der Waals surface area contributed by atoms with E-state index in [1.165, 1.54) is 11.3 Å². The van der Waals surface area contributed by atoms with Crippen molar-refractivity contribution in [2.75, 3.05) is 19.5 Å². The standard InChI is InChI=1S/C18H20N4O3S/c1-22-14(23)9-13(15(22)11-4-3-5-12(8-11)25-2)16(24)19-18-21-20-17(26-18)10-6-7-10/h3-5,8,10,13,15H,6-7,9H2,1-2H3,(H,19,21,24)/t13-,15-/m1/s1. The molecule has 26 heavy (non-hydrogen) atoms. The Morgan fingerprint density at radius 1 is 1.35 bits per heavy atom. The van der Waals surface area contributed by atoms with Crippen LogP contribution in [-0.4, -0.2) is 41.1 Å². The van der Waals surface area contributed by atoms with Gasteiger partial charge in [0.15, 0.2) is 0 Å². The molecule has 7 nitrogen and oxygen atoms in total. The van der Waals surface area contributed by atoms with E-state index in [-0.39, 0.29) is 24.3 Å². The van der Waals surface area contributed by atoms with Gasteiger partial charge in [0.1, 0.15) is 10.8 Å². The second kappa shape index (κ2) is 6.68. The van der Waals surface area contributed by atoms with Crippen molar-refractivity contribution in [2.24, 2.45) is 5.92 Å². The molecule has 136 valence electrons. The molecular formula is C18H20N4O3S. The molecule has 1 aromatic heterocycles. The zero-order valence-electron chi connectivity index (χ0n) is 14.6. The molecule has 0 radical (unpaired) electrons. The van der Waals surface area contributed by atoms with Crippen molar-refractivity contribution in [1.29, 1.82) is 0 Å². The summed E-state index contributed by atoms with van der Waals surface area (Å²) < 4.78 is 5.28. The second-order valence-corrected chi connectivity index (χ2v) is 7.75. The van der Waals surface area contributed by atoms with Crippen LogP contribution in [0.15, 0.2) is 24.3 Å². The molecule has 0 bridgehead atoms. The van der Waals surface area contributed by atoms with Gasteiger partial charge in [0.05, 0.1) is 19.1 Å². The van der Waals surface area contributed by atoms with E-state index in [2.05, 4.69) is 15.5 Å². The van der Waals surface area contributed by atoms with E-state index in [1.54, 1.807) is 19.1 Å². The normalized spacial score (nSPS) is 22.5. The molecule has 0 unspecified atom stereocenters. The summed E-state index contributed by atoms with van der Waals surface area (Å²) >= 11 is 1.42. The Labute approximate surface area is 155 Å². The largest absolute Gasteiger partial charge is 0.497 e. The number of carbonyl (C=O) groups excluding carboxylic acids is 2. The monoisotopic (exact) mass is 372 g/mol. The molecule has 1 saturated heterocycles. The first-order valence-corrected chi connectivity index (χ1v) is 9.42. The molecule has 4 rings (SSSR count). The fourth-order valence-electron chi connectivity index (χ4n) is 3.36. The Bertz CT molecular complexity index is 848. The van der Waals surface area contributed by atoms with Crippen LogP contribution >= 0.6 is 11.3 Å². The predicted molar refractivity (Wildman–Crippen MR) is 97.1 cm³/mol. The number of methoxy groups -OCH3 is 1. The summed E-state index contributed by atoms with van der Waals surface area (Å²) in [4.78, 5) is 26.8. The maximum atomic E-state index is 12.9. The maximum Gasteiger partial charge on any atom is 0.232 e. The van der Waals surface area contributed by atoms with Gasteiger partial charge >= 0.3 is 0 Å². The smallest absolute Gasteiger partial charge is 0.232 e. The third-order valence-corrected chi connectivity index (χ3v) is 5.96. The maximum absolute atomic E-state index is 12.9. The Morgan fingerprint density at radius 3 is 2.88 bits per heavy atom. The van der Waals surface area contributed by atoms with Crippen molar-refractivity contribution in [2.45, 2.75) is 31.2 Å². The SMILES string of the molecule is COc1cccc([C@@H]2[C@H](C(=O)Nc3nnc(C4CC4)s3)CC(=O)N2C)c1. The van der Waals surface area contributed by atoms with Gasteiger partial charge in [-0.25, -0.2) is 0 Å². The van der Waals surface area contributed by atoms with Gasteiger partial charge in [-0.3, -0.25) is 9.59 Å². The van der Waals surface area contributed by atoms with E-state index in [0.717, 1.165) is 23.4 Å². The Balaban J connectivity index is 1.55. The lowest BCUT2D eigenvalue weighted by Crippen LogP contribution is -2.30. The van der Waals surface area contributed by atoms with Gasteiger partial charge in [-0.1, -0.05) is 23.5 Å². The second-order valence-electron chi connectivity index (χ2n) is 6.75. The first kappa shape index (κ1) is 17.0. The van der Waals surface area contributed by atoms with Crippen LogP contribution in [0.1, 0.15) is 41.8 Å². The molecule has 1 N–H and O–H groups in total. The van der Waals surface area contributed by atoms with E-state index >= 15 is 0 Å². The number of ether oxygens (including phenoxy) is 1. The van der Waals surface area contributed by atoms with Crippen molar-refractivity contribution in [1.82, 2.24) is 15.1 Å². The predicted octanol–water partition coefficient (Wildman–Crippen LogP) is 2.58. The lowest BCUT2D eigenvalue weighted by atomic mass is 9.93. The first-order chi connectivity index (χ1) is 12.6. The minimum atomic E-state index is -0.479. The average molecular weight is 372 g/mol. The third-order valence-electron chi connectivity index (χ3n) is 4.96.